The lowest BCUT2D eigenvalue weighted by molar-refractivity contribution is -0.119. The minimum Gasteiger partial charge on any atom is -0.482 e. The number of hydrogen-bond acceptors (Lipinski definition) is 5. The first-order chi connectivity index (χ1) is 12.6. The summed E-state index contributed by atoms with van der Waals surface area (Å²) in [5.74, 6) is 0.305. The second kappa shape index (κ2) is 7.01. The summed E-state index contributed by atoms with van der Waals surface area (Å²) in [5, 5.41) is 5.58. The molecule has 0 unspecified atom stereocenters. The van der Waals surface area contributed by atoms with Crippen LogP contribution in [0.1, 0.15) is 40.2 Å². The number of fused-ring (bicyclic) bond motifs is 1. The van der Waals surface area contributed by atoms with E-state index in [-0.39, 0.29) is 18.4 Å². The zero-order valence-corrected chi connectivity index (χ0v) is 16.3. The molecule has 2 heterocycles. The van der Waals surface area contributed by atoms with Gasteiger partial charge in [0.2, 0.25) is 5.91 Å². The van der Waals surface area contributed by atoms with Crippen molar-refractivity contribution in [1.82, 2.24) is 5.32 Å². The Kier molecular flexibility index (Phi) is 5.05. The molecule has 27 heavy (non-hydrogen) atoms. The maximum absolute atomic E-state index is 11.4. The third-order valence-corrected chi connectivity index (χ3v) is 5.09. The zero-order chi connectivity index (χ0) is 19.8. The Bertz CT molecular complexity index is 787. The summed E-state index contributed by atoms with van der Waals surface area (Å²) in [7, 11) is -0.571. The fourth-order valence-corrected chi connectivity index (χ4v) is 2.82. The molecular weight excluding hydrogens is 347 g/mol. The van der Waals surface area contributed by atoms with Crippen LogP contribution in [-0.2, 0) is 18.9 Å². The summed E-state index contributed by atoms with van der Waals surface area (Å²) in [5.41, 5.74) is 1.35. The van der Waals surface area contributed by atoms with Crippen molar-refractivity contribution in [2.24, 2.45) is 0 Å². The average molecular weight is 372 g/mol. The van der Waals surface area contributed by atoms with Crippen LogP contribution < -0.4 is 15.4 Å². The van der Waals surface area contributed by atoms with Crippen molar-refractivity contribution in [1.29, 1.82) is 0 Å². The quantitative estimate of drug-likeness (QED) is 0.792. The Hall–Kier alpha value is -2.32. The van der Waals surface area contributed by atoms with Crippen LogP contribution in [0.4, 0.5) is 5.69 Å². The highest BCUT2D eigenvalue weighted by Gasteiger charge is 2.52. The van der Waals surface area contributed by atoms with Crippen molar-refractivity contribution in [3.05, 3.63) is 29.2 Å². The largest absolute Gasteiger partial charge is 0.492 e. The average Bonchev–Trinajstić information content (AvgIpc) is 2.79. The molecule has 2 N–H and O–H groups in total. The van der Waals surface area contributed by atoms with Crippen molar-refractivity contribution in [2.75, 3.05) is 18.5 Å². The number of hydrogen-bond donors (Lipinski definition) is 2. The lowest BCUT2D eigenvalue weighted by Crippen LogP contribution is -2.41. The van der Waals surface area contributed by atoms with E-state index in [0.717, 1.165) is 11.0 Å². The molecule has 1 aromatic rings. The predicted molar refractivity (Wildman–Crippen MR) is 103 cm³/mol. The number of anilines is 1. The molecule has 2 amide bonds. The van der Waals surface area contributed by atoms with E-state index in [1.165, 1.54) is 6.92 Å². The van der Waals surface area contributed by atoms with E-state index < -0.39 is 18.3 Å². The monoisotopic (exact) mass is 372 g/mol. The topological polar surface area (TPSA) is 85.9 Å². The summed E-state index contributed by atoms with van der Waals surface area (Å²) < 4.78 is 17.7. The van der Waals surface area contributed by atoms with Gasteiger partial charge in [-0.25, -0.2) is 0 Å². The smallest absolute Gasteiger partial charge is 0.482 e. The molecule has 8 heteroatoms. The SMILES string of the molecule is CC(=O)NCC(=Cc1ccc2c(c1)OCC(=O)N2)B1OC(C)(C)C(C)(C)O1. The van der Waals surface area contributed by atoms with Gasteiger partial charge in [-0.3, -0.25) is 9.59 Å². The van der Waals surface area contributed by atoms with Crippen LogP contribution in [0, 0.1) is 0 Å². The van der Waals surface area contributed by atoms with E-state index >= 15 is 0 Å². The Labute approximate surface area is 159 Å². The Morgan fingerprint density at radius 1 is 1.26 bits per heavy atom. The number of nitrogens with one attached hydrogen (secondary N) is 2. The first-order valence-corrected chi connectivity index (χ1v) is 8.95. The lowest BCUT2D eigenvalue weighted by Gasteiger charge is -2.32. The molecule has 1 fully saturated rings. The molecule has 0 aliphatic carbocycles. The van der Waals surface area contributed by atoms with Gasteiger partial charge in [0.25, 0.3) is 5.91 Å². The number of rotatable bonds is 4. The van der Waals surface area contributed by atoms with E-state index in [2.05, 4.69) is 10.6 Å². The highest BCUT2D eigenvalue weighted by molar-refractivity contribution is 6.56. The molecule has 0 spiro atoms. The molecule has 0 bridgehead atoms. The van der Waals surface area contributed by atoms with Crippen molar-refractivity contribution in [3.8, 4) is 5.75 Å². The van der Waals surface area contributed by atoms with Gasteiger partial charge in [-0.05, 0) is 50.9 Å². The van der Waals surface area contributed by atoms with Crippen molar-refractivity contribution < 1.29 is 23.6 Å². The normalized spacial score (nSPS) is 20.6. The van der Waals surface area contributed by atoms with E-state index in [0.29, 0.717) is 18.0 Å². The van der Waals surface area contributed by atoms with Gasteiger partial charge in [0.05, 0.1) is 16.9 Å². The first-order valence-electron chi connectivity index (χ1n) is 8.95. The van der Waals surface area contributed by atoms with Crippen LogP contribution in [-0.4, -0.2) is 43.3 Å². The fourth-order valence-electron chi connectivity index (χ4n) is 2.82. The number of ether oxygens (including phenoxy) is 1. The zero-order valence-electron chi connectivity index (χ0n) is 16.3. The van der Waals surface area contributed by atoms with Crippen molar-refractivity contribution in [2.45, 2.75) is 45.8 Å². The summed E-state index contributed by atoms with van der Waals surface area (Å²) in [6.45, 7) is 9.71. The second-order valence-electron chi connectivity index (χ2n) is 7.81. The highest BCUT2D eigenvalue weighted by atomic mass is 16.7. The maximum Gasteiger partial charge on any atom is 0.492 e. The Balaban J connectivity index is 1.89. The van der Waals surface area contributed by atoms with Crippen LogP contribution in [0.3, 0.4) is 0 Å². The molecule has 0 aromatic heterocycles. The van der Waals surface area contributed by atoms with Crippen LogP contribution in [0.2, 0.25) is 0 Å². The second-order valence-corrected chi connectivity index (χ2v) is 7.81. The van der Waals surface area contributed by atoms with E-state index in [1.807, 2.05) is 45.9 Å². The molecule has 7 nitrogen and oxygen atoms in total. The Morgan fingerprint density at radius 3 is 2.56 bits per heavy atom. The van der Waals surface area contributed by atoms with Crippen LogP contribution in [0.5, 0.6) is 5.75 Å². The molecule has 144 valence electrons. The molecule has 2 aliphatic heterocycles. The van der Waals surface area contributed by atoms with Gasteiger partial charge in [-0.1, -0.05) is 12.1 Å². The van der Waals surface area contributed by atoms with E-state index in [9.17, 15) is 9.59 Å². The molecule has 2 aliphatic rings. The van der Waals surface area contributed by atoms with E-state index in [1.54, 1.807) is 6.07 Å². The molecule has 1 aromatic carbocycles. The van der Waals surface area contributed by atoms with Crippen LogP contribution in [0.15, 0.2) is 23.7 Å². The number of carbonyl (C=O) groups excluding carboxylic acids is 2. The molecule has 0 saturated carbocycles. The number of benzene rings is 1. The van der Waals surface area contributed by atoms with Gasteiger partial charge in [0, 0.05) is 13.5 Å². The predicted octanol–water partition coefficient (Wildman–Crippen LogP) is 2.17. The van der Waals surface area contributed by atoms with Gasteiger partial charge in [-0.2, -0.15) is 0 Å². The molecule has 1 saturated heterocycles. The minimum absolute atomic E-state index is 0.00383. The molecule has 3 rings (SSSR count). The van der Waals surface area contributed by atoms with Crippen molar-refractivity contribution >= 4 is 30.7 Å². The van der Waals surface area contributed by atoms with Crippen LogP contribution in [0.25, 0.3) is 6.08 Å². The van der Waals surface area contributed by atoms with Gasteiger partial charge in [-0.15, -0.1) is 0 Å². The van der Waals surface area contributed by atoms with Gasteiger partial charge in [0.1, 0.15) is 5.75 Å². The minimum atomic E-state index is -0.571. The van der Waals surface area contributed by atoms with Crippen molar-refractivity contribution in [3.63, 3.8) is 0 Å². The van der Waals surface area contributed by atoms with E-state index in [4.69, 9.17) is 14.0 Å². The maximum atomic E-state index is 11.4. The number of carbonyl (C=O) groups is 2. The summed E-state index contributed by atoms with van der Waals surface area (Å²) in [6.07, 6.45) is 1.91. The van der Waals surface area contributed by atoms with Crippen LogP contribution >= 0.6 is 0 Å². The third kappa shape index (κ3) is 4.17. The Morgan fingerprint density at radius 2 is 1.93 bits per heavy atom. The first kappa shape index (κ1) is 19.4. The van der Waals surface area contributed by atoms with Gasteiger partial charge in [0.15, 0.2) is 6.61 Å². The molecular formula is C19H25BN2O5. The summed E-state index contributed by atoms with van der Waals surface area (Å²) in [4.78, 5) is 22.8. The standard InChI is InChI=1S/C19H25BN2O5/c1-12(23)21-10-14(20-26-18(2,3)19(4,5)27-20)8-13-6-7-15-16(9-13)25-11-17(24)22-15/h6-9H,10-11H2,1-5H3,(H,21,23)(H,22,24). The summed E-state index contributed by atoms with van der Waals surface area (Å²) >= 11 is 0. The van der Waals surface area contributed by atoms with Gasteiger partial charge >= 0.3 is 7.12 Å². The van der Waals surface area contributed by atoms with Gasteiger partial charge < -0.3 is 24.7 Å². The third-order valence-electron chi connectivity index (χ3n) is 5.09. The fraction of sp³-hybridized carbons (Fsp3) is 0.474. The lowest BCUT2D eigenvalue weighted by atomic mass is 9.77. The molecule has 0 radical (unpaired) electrons. The highest BCUT2D eigenvalue weighted by Crippen LogP contribution is 2.39. The summed E-state index contributed by atoms with van der Waals surface area (Å²) in [6, 6.07) is 5.50. The molecule has 0 atom stereocenters. The number of amides is 2.